The minimum absolute atomic E-state index is 0.362. The molecule has 2 atom stereocenters. The van der Waals surface area contributed by atoms with Gasteiger partial charge >= 0.3 is 0 Å². The van der Waals surface area contributed by atoms with E-state index in [1.807, 2.05) is 13.0 Å². The van der Waals surface area contributed by atoms with Crippen LogP contribution in [0.5, 0.6) is 0 Å². The molecular weight excluding hydrogens is 282 g/mol. The van der Waals surface area contributed by atoms with Gasteiger partial charge in [0.25, 0.3) is 0 Å². The molecule has 2 unspecified atom stereocenters. The van der Waals surface area contributed by atoms with E-state index in [1.165, 1.54) is 0 Å². The lowest BCUT2D eigenvalue weighted by Gasteiger charge is -2.07. The van der Waals surface area contributed by atoms with Gasteiger partial charge in [-0.2, -0.15) is 0 Å². The van der Waals surface area contributed by atoms with Crippen molar-refractivity contribution in [2.24, 2.45) is 11.8 Å². The highest BCUT2D eigenvalue weighted by molar-refractivity contribution is 5.75. The molecule has 0 saturated heterocycles. The second-order valence-corrected chi connectivity index (χ2v) is 5.98. The van der Waals surface area contributed by atoms with Crippen LogP contribution in [-0.2, 0) is 0 Å². The van der Waals surface area contributed by atoms with E-state index in [4.69, 9.17) is 4.98 Å². The highest BCUT2D eigenvalue weighted by Crippen LogP contribution is 2.22. The quantitative estimate of drug-likeness (QED) is 0.809. The van der Waals surface area contributed by atoms with E-state index in [2.05, 4.69) is 78.5 Å². The maximum absolute atomic E-state index is 4.70. The van der Waals surface area contributed by atoms with Gasteiger partial charge in [0.15, 0.2) is 11.6 Å². The van der Waals surface area contributed by atoms with Gasteiger partial charge in [-0.15, -0.1) is 0 Å². The van der Waals surface area contributed by atoms with Crippen LogP contribution in [-0.4, -0.2) is 15.0 Å². The van der Waals surface area contributed by atoms with Gasteiger partial charge in [0.05, 0.1) is 0 Å². The Morgan fingerprint density at radius 2 is 1.48 bits per heavy atom. The summed E-state index contributed by atoms with van der Waals surface area (Å²) in [5.41, 5.74) is 2.05. The van der Waals surface area contributed by atoms with Crippen molar-refractivity contribution in [3.05, 3.63) is 78.2 Å². The largest absolute Gasteiger partial charge is 0.213 e. The van der Waals surface area contributed by atoms with Crippen LogP contribution in [0.25, 0.3) is 11.1 Å². The lowest BCUT2D eigenvalue weighted by molar-refractivity contribution is 0.917. The maximum atomic E-state index is 4.70. The predicted molar refractivity (Wildman–Crippen MR) is 95.4 cm³/mol. The van der Waals surface area contributed by atoms with Crippen LogP contribution in [0.3, 0.4) is 0 Å². The summed E-state index contributed by atoms with van der Waals surface area (Å²) in [4.78, 5) is 13.7. The Morgan fingerprint density at radius 3 is 2.30 bits per heavy atom. The number of rotatable bonds is 2. The second kappa shape index (κ2) is 6.69. The summed E-state index contributed by atoms with van der Waals surface area (Å²) in [7, 11) is 0. The predicted octanol–water partition coefficient (Wildman–Crippen LogP) is 4.47. The number of hydrogen-bond donors (Lipinski definition) is 0. The fourth-order valence-electron chi connectivity index (χ4n) is 2.54. The van der Waals surface area contributed by atoms with Crippen molar-refractivity contribution in [1.29, 1.82) is 0 Å². The lowest BCUT2D eigenvalue weighted by atomic mass is 10.1. The van der Waals surface area contributed by atoms with Crippen molar-refractivity contribution in [2.45, 2.75) is 20.8 Å². The van der Waals surface area contributed by atoms with Crippen LogP contribution in [0, 0.1) is 18.8 Å². The molecule has 3 nitrogen and oxygen atoms in total. The molecule has 23 heavy (non-hydrogen) atoms. The highest BCUT2D eigenvalue weighted by atomic mass is 15.0. The summed E-state index contributed by atoms with van der Waals surface area (Å²) in [6.45, 7) is 6.22. The van der Waals surface area contributed by atoms with Crippen LogP contribution in [0.2, 0.25) is 0 Å². The average molecular weight is 303 g/mol. The number of nitrogens with zero attached hydrogens (tertiary/aromatic N) is 3. The number of aromatic nitrogens is 3. The van der Waals surface area contributed by atoms with Gasteiger partial charge in [0.1, 0.15) is 5.82 Å². The fraction of sp³-hybridized carbons (Fsp3) is 0.250. The van der Waals surface area contributed by atoms with Crippen molar-refractivity contribution < 1.29 is 0 Å². The van der Waals surface area contributed by atoms with E-state index < -0.39 is 0 Å². The molecule has 3 rings (SSSR count). The second-order valence-electron chi connectivity index (χ2n) is 5.98. The van der Waals surface area contributed by atoms with Gasteiger partial charge < -0.3 is 0 Å². The standard InChI is InChI=1S/C20H21N3/c1-14-8-6-10-17(12-11-14)19-21-16(3)22-20(23-19)18-9-5-4-7-15(2)13-18/h4-15H,1-3H3. The minimum atomic E-state index is 0.362. The molecule has 2 aliphatic rings. The zero-order valence-corrected chi connectivity index (χ0v) is 13.8. The van der Waals surface area contributed by atoms with Crippen LogP contribution < -0.4 is 0 Å². The SMILES string of the molecule is Cc1nc(C2=CC=CC(C)C=C2)nc(C2=CC(C)C=CC=C2)n1. The normalized spacial score (nSPS) is 23.3. The molecule has 116 valence electrons. The van der Waals surface area contributed by atoms with E-state index >= 15 is 0 Å². The zero-order chi connectivity index (χ0) is 16.2. The van der Waals surface area contributed by atoms with E-state index in [0.717, 1.165) is 28.6 Å². The molecule has 0 amide bonds. The van der Waals surface area contributed by atoms with Gasteiger partial charge in [-0.25, -0.2) is 15.0 Å². The van der Waals surface area contributed by atoms with Crippen molar-refractivity contribution in [3.8, 4) is 0 Å². The number of aryl methyl sites for hydroxylation is 1. The molecule has 0 aromatic carbocycles. The maximum Gasteiger partial charge on any atom is 0.163 e. The summed E-state index contributed by atoms with van der Waals surface area (Å²) in [5, 5.41) is 0. The Balaban J connectivity index is 2.02. The molecule has 1 aromatic heterocycles. The molecule has 2 aliphatic carbocycles. The Bertz CT molecular complexity index is 776. The molecule has 1 aromatic rings. The first-order valence-corrected chi connectivity index (χ1v) is 7.98. The van der Waals surface area contributed by atoms with Crippen LogP contribution in [0.4, 0.5) is 0 Å². The highest BCUT2D eigenvalue weighted by Gasteiger charge is 2.11. The topological polar surface area (TPSA) is 38.7 Å². The zero-order valence-electron chi connectivity index (χ0n) is 13.8. The van der Waals surface area contributed by atoms with Crippen molar-refractivity contribution >= 4 is 11.1 Å². The van der Waals surface area contributed by atoms with Crippen molar-refractivity contribution in [3.63, 3.8) is 0 Å². The lowest BCUT2D eigenvalue weighted by Crippen LogP contribution is -2.04. The first-order chi connectivity index (χ1) is 11.1. The third kappa shape index (κ3) is 3.81. The first-order valence-electron chi connectivity index (χ1n) is 7.98. The molecule has 0 aliphatic heterocycles. The number of hydrogen-bond acceptors (Lipinski definition) is 3. The van der Waals surface area contributed by atoms with E-state index in [0.29, 0.717) is 11.8 Å². The van der Waals surface area contributed by atoms with E-state index in [1.54, 1.807) is 0 Å². The van der Waals surface area contributed by atoms with E-state index in [9.17, 15) is 0 Å². The molecule has 0 saturated carbocycles. The number of allylic oxidation sites excluding steroid dienone is 12. The van der Waals surface area contributed by atoms with Crippen molar-refractivity contribution in [1.82, 2.24) is 15.0 Å². The van der Waals surface area contributed by atoms with Gasteiger partial charge in [-0.1, -0.05) is 74.6 Å². The third-order valence-corrected chi connectivity index (χ3v) is 3.78. The summed E-state index contributed by atoms with van der Waals surface area (Å²) < 4.78 is 0. The Kier molecular flexibility index (Phi) is 4.47. The van der Waals surface area contributed by atoms with Gasteiger partial charge in [0.2, 0.25) is 0 Å². The molecule has 0 fully saturated rings. The van der Waals surface area contributed by atoms with Crippen LogP contribution in [0.15, 0.2) is 60.8 Å². The fourth-order valence-corrected chi connectivity index (χ4v) is 2.54. The molecule has 1 heterocycles. The minimum Gasteiger partial charge on any atom is -0.213 e. The summed E-state index contributed by atoms with van der Waals surface area (Å²) in [5.74, 6) is 2.98. The van der Waals surface area contributed by atoms with Crippen LogP contribution in [0.1, 0.15) is 31.3 Å². The van der Waals surface area contributed by atoms with E-state index in [-0.39, 0.29) is 0 Å². The van der Waals surface area contributed by atoms with Crippen LogP contribution >= 0.6 is 0 Å². The summed E-state index contributed by atoms with van der Waals surface area (Å²) in [6.07, 6.45) is 21.0. The molecular formula is C20H21N3. The average Bonchev–Trinajstić information content (AvgIpc) is 2.87. The van der Waals surface area contributed by atoms with Gasteiger partial charge in [-0.3, -0.25) is 0 Å². The monoisotopic (exact) mass is 303 g/mol. The van der Waals surface area contributed by atoms with Gasteiger partial charge in [0, 0.05) is 11.1 Å². The van der Waals surface area contributed by atoms with Crippen molar-refractivity contribution in [2.75, 3.05) is 0 Å². The Labute approximate surface area is 137 Å². The molecule has 0 N–H and O–H groups in total. The summed E-state index contributed by atoms with van der Waals surface area (Å²) in [6, 6.07) is 0. The Morgan fingerprint density at radius 1 is 0.739 bits per heavy atom. The van der Waals surface area contributed by atoms with Gasteiger partial charge in [-0.05, 0) is 18.8 Å². The molecule has 0 radical (unpaired) electrons. The molecule has 0 bridgehead atoms. The Hall–Kier alpha value is -2.55. The molecule has 3 heteroatoms. The first kappa shape index (κ1) is 15.3. The third-order valence-electron chi connectivity index (χ3n) is 3.78. The smallest absolute Gasteiger partial charge is 0.163 e. The molecule has 0 spiro atoms. The summed E-state index contributed by atoms with van der Waals surface area (Å²) >= 11 is 0.